The Kier molecular flexibility index (Phi) is 38.7. The molecule has 14 N–H and O–H groups in total. The molecule has 0 saturated heterocycles. The summed E-state index contributed by atoms with van der Waals surface area (Å²) in [5, 5.41) is 69.9. The van der Waals surface area contributed by atoms with Gasteiger partial charge in [-0.15, -0.1) is 5.10 Å². The molecular formula is C56H91N13O17. The fraction of sp³-hybridized carbons (Fsp3) is 0.679. The Bertz CT molecular complexity index is 2370. The van der Waals surface area contributed by atoms with Gasteiger partial charge in [0.2, 0.25) is 47.3 Å². The number of rotatable bonds is 51. The van der Waals surface area contributed by atoms with E-state index in [-0.39, 0.29) is 44.3 Å². The number of hydrogen-bond donors (Lipinski definition) is 13. The van der Waals surface area contributed by atoms with Crippen LogP contribution in [0.5, 0.6) is 5.75 Å². The van der Waals surface area contributed by atoms with E-state index in [1.807, 2.05) is 6.92 Å². The minimum Gasteiger partial charge on any atom is -0.508 e. The highest BCUT2D eigenvalue weighted by Gasteiger charge is 2.34. The van der Waals surface area contributed by atoms with E-state index in [0.29, 0.717) is 31.4 Å². The summed E-state index contributed by atoms with van der Waals surface area (Å²) in [5.41, 5.74) is 5.69. The minimum atomic E-state index is -1.73. The van der Waals surface area contributed by atoms with Crippen LogP contribution in [0.3, 0.4) is 0 Å². The number of carbonyl (C=O) groups excluding carboxylic acids is 9. The molecule has 0 radical (unpaired) electrons. The number of Topliss-reactive ketones (excluding diaryl/α,β-unsaturated/α-hetero) is 1. The molecule has 0 fully saturated rings. The number of nitrogens with two attached hydrogens (primary N) is 1. The highest BCUT2D eigenvalue weighted by Crippen LogP contribution is 2.15. The number of tetrazole rings is 1. The number of amides is 8. The third-order valence-electron chi connectivity index (χ3n) is 13.4. The summed E-state index contributed by atoms with van der Waals surface area (Å²) < 4.78 is 10.7. The van der Waals surface area contributed by atoms with Crippen LogP contribution in [-0.4, -0.2) is 207 Å². The number of phenols is 1. The Balaban J connectivity index is 1.85. The number of nitrogens with one attached hydrogen (secondary N) is 8. The average Bonchev–Trinajstić information content (AvgIpc) is 4.10. The Morgan fingerprint density at radius 2 is 1.15 bits per heavy atom. The zero-order valence-corrected chi connectivity index (χ0v) is 49.6. The molecule has 2 rings (SSSR count). The lowest BCUT2D eigenvalue weighted by atomic mass is 10.0. The molecule has 1 aromatic heterocycles. The van der Waals surface area contributed by atoms with Gasteiger partial charge in [0.15, 0.2) is 5.78 Å². The molecule has 2 aromatic rings. The van der Waals surface area contributed by atoms with E-state index in [1.54, 1.807) is 0 Å². The van der Waals surface area contributed by atoms with Gasteiger partial charge in [-0.2, -0.15) is 0 Å². The van der Waals surface area contributed by atoms with E-state index in [1.165, 1.54) is 82.6 Å². The predicted octanol–water partition coefficient (Wildman–Crippen LogP) is -0.650. The SMILES string of the molecule is CCCC[C@H](NC(=O)[C@H](CN(CC(=O)O)CC(=O)O)NC(=O)[C@H](Cc1ccc(O)cc1)NC(=O)[C@H](CCC(N)=O)NC(=O)[C@H](CO)NC(=O)CNC(=O)COCCOCCNC(=O)CCCCCCCCCCCCCCCc1nnn[nH]1)C(C)=O. The van der Waals surface area contributed by atoms with Crippen molar-refractivity contribution in [1.29, 1.82) is 0 Å². The number of unbranched alkanes of at least 4 members (excludes halogenated alkanes) is 13. The van der Waals surface area contributed by atoms with Gasteiger partial charge in [0.1, 0.15) is 42.3 Å². The maximum absolute atomic E-state index is 14.2. The van der Waals surface area contributed by atoms with Gasteiger partial charge in [0.05, 0.1) is 52.1 Å². The minimum absolute atomic E-state index is 0.0128. The van der Waals surface area contributed by atoms with Gasteiger partial charge < -0.3 is 72.9 Å². The number of aromatic amines is 1. The number of hydrogen-bond acceptors (Lipinski definition) is 19. The number of nitrogens with zero attached hydrogens (tertiary/aromatic N) is 4. The van der Waals surface area contributed by atoms with Crippen molar-refractivity contribution in [2.24, 2.45) is 5.73 Å². The van der Waals surface area contributed by atoms with Crippen LogP contribution in [-0.2, 0) is 75.1 Å². The van der Waals surface area contributed by atoms with E-state index in [0.717, 1.165) is 49.2 Å². The molecule has 482 valence electrons. The van der Waals surface area contributed by atoms with Gasteiger partial charge in [-0.3, -0.25) is 57.6 Å². The van der Waals surface area contributed by atoms with Gasteiger partial charge in [-0.1, -0.05) is 103 Å². The monoisotopic (exact) mass is 1220 g/mol. The largest absolute Gasteiger partial charge is 0.508 e. The first-order chi connectivity index (χ1) is 41.2. The molecule has 0 saturated carbocycles. The number of aliphatic hydroxyl groups is 1. The van der Waals surface area contributed by atoms with Gasteiger partial charge in [0.25, 0.3) is 0 Å². The number of ketones is 1. The molecule has 8 amide bonds. The van der Waals surface area contributed by atoms with Crippen LogP contribution < -0.4 is 43.0 Å². The van der Waals surface area contributed by atoms with Crippen LogP contribution in [0, 0.1) is 0 Å². The maximum atomic E-state index is 14.2. The first-order valence-electron chi connectivity index (χ1n) is 29.5. The van der Waals surface area contributed by atoms with Crippen LogP contribution in [0.15, 0.2) is 24.3 Å². The number of aromatic nitrogens is 4. The van der Waals surface area contributed by atoms with E-state index in [4.69, 9.17) is 15.2 Å². The second kappa shape index (κ2) is 44.7. The number of aryl methyl sites for hydroxylation is 1. The molecular weight excluding hydrogens is 1130 g/mol. The van der Waals surface area contributed by atoms with E-state index >= 15 is 0 Å². The van der Waals surface area contributed by atoms with Crippen molar-refractivity contribution < 1.29 is 82.6 Å². The molecule has 30 heteroatoms. The lowest BCUT2D eigenvalue weighted by Gasteiger charge is -2.29. The summed E-state index contributed by atoms with van der Waals surface area (Å²) >= 11 is 0. The van der Waals surface area contributed by atoms with E-state index < -0.39 is 142 Å². The number of phenolic OH excluding ortho intramolecular Hbond substituents is 1. The summed E-state index contributed by atoms with van der Waals surface area (Å²) in [6.07, 6.45) is 16.5. The lowest BCUT2D eigenvalue weighted by Crippen LogP contribution is -2.61. The number of carboxylic acids is 2. The number of carboxylic acid groups (broad SMARTS) is 2. The zero-order valence-electron chi connectivity index (χ0n) is 49.6. The predicted molar refractivity (Wildman–Crippen MR) is 309 cm³/mol. The molecule has 5 atom stereocenters. The van der Waals surface area contributed by atoms with Gasteiger partial charge in [-0.25, -0.2) is 5.10 Å². The van der Waals surface area contributed by atoms with Crippen LogP contribution in [0.1, 0.15) is 147 Å². The maximum Gasteiger partial charge on any atom is 0.317 e. The summed E-state index contributed by atoms with van der Waals surface area (Å²) in [4.78, 5) is 142. The highest BCUT2D eigenvalue weighted by molar-refractivity contribution is 5.97. The lowest BCUT2D eigenvalue weighted by molar-refractivity contribution is -0.143. The van der Waals surface area contributed by atoms with Crippen LogP contribution in [0.4, 0.5) is 0 Å². The Hall–Kier alpha value is -7.70. The number of aromatic hydroxyl groups is 1. The second-order valence-electron chi connectivity index (χ2n) is 20.9. The first-order valence-corrected chi connectivity index (χ1v) is 29.5. The van der Waals surface area contributed by atoms with Crippen molar-refractivity contribution in [3.8, 4) is 5.75 Å². The molecule has 0 aliphatic heterocycles. The molecule has 0 bridgehead atoms. The molecule has 30 nitrogen and oxygen atoms in total. The fourth-order valence-corrected chi connectivity index (χ4v) is 8.74. The topological polar surface area (TPSA) is 455 Å². The normalized spacial score (nSPS) is 12.8. The average molecular weight is 1220 g/mol. The van der Waals surface area contributed by atoms with Crippen molar-refractivity contribution in [3.05, 3.63) is 35.7 Å². The molecule has 1 heterocycles. The molecule has 86 heavy (non-hydrogen) atoms. The molecule has 0 aliphatic rings. The fourth-order valence-electron chi connectivity index (χ4n) is 8.74. The quantitative estimate of drug-likeness (QED) is 0.0366. The van der Waals surface area contributed by atoms with Crippen molar-refractivity contribution >= 4 is 65.0 Å². The van der Waals surface area contributed by atoms with E-state index in [2.05, 4.69) is 57.8 Å². The summed E-state index contributed by atoms with van der Waals surface area (Å²) in [7, 11) is 0. The van der Waals surface area contributed by atoms with Crippen molar-refractivity contribution in [2.75, 3.05) is 65.8 Å². The summed E-state index contributed by atoms with van der Waals surface area (Å²) in [6.45, 7) is -0.903. The number of ether oxygens (including phenoxy) is 2. The van der Waals surface area contributed by atoms with Crippen LogP contribution in [0.25, 0.3) is 0 Å². The molecule has 0 spiro atoms. The smallest absolute Gasteiger partial charge is 0.317 e. The number of aliphatic hydroxyl groups excluding tert-OH is 1. The van der Waals surface area contributed by atoms with Gasteiger partial charge in [-0.05, 0) is 60.7 Å². The van der Waals surface area contributed by atoms with Crippen molar-refractivity contribution in [3.63, 3.8) is 0 Å². The Morgan fingerprint density at radius 1 is 0.605 bits per heavy atom. The molecule has 1 aromatic carbocycles. The summed E-state index contributed by atoms with van der Waals surface area (Å²) in [6, 6.07) is -2.49. The van der Waals surface area contributed by atoms with Crippen molar-refractivity contribution in [1.82, 2.24) is 62.7 Å². The van der Waals surface area contributed by atoms with Gasteiger partial charge >= 0.3 is 11.9 Å². The Labute approximate surface area is 500 Å². The number of H-pyrrole nitrogens is 1. The number of primary amides is 1. The third-order valence-corrected chi connectivity index (χ3v) is 13.4. The van der Waals surface area contributed by atoms with Crippen LogP contribution >= 0.6 is 0 Å². The third kappa shape index (κ3) is 35.6. The molecule has 0 aliphatic carbocycles. The van der Waals surface area contributed by atoms with Gasteiger partial charge in [0, 0.05) is 38.8 Å². The zero-order chi connectivity index (χ0) is 63.5. The van der Waals surface area contributed by atoms with Crippen molar-refractivity contribution in [2.45, 2.75) is 179 Å². The standard InChI is InChI=1S/C56H91N13O17/c1-3-4-18-41(38(2)71)61-55(83)44(33-69(34-51(77)78)35-52(79)80)64-54(82)43(31-39-21-23-40(72)24-22-39)63-53(81)42(25-26-46(57)73)62-56(84)45(36-70)60-49(75)32-59-50(76)37-86-30-29-85-28-27-58-48(74)20-17-15-13-11-9-7-5-6-8-10-12-14-16-19-47-65-67-68-66-47/h21-24,41-45,70,72H,3-20,25-37H2,1-2H3,(H2,57,73)(H,58,74)(H,59,76)(H,60,75)(H,61,83)(H,62,84)(H,63,81)(H,64,82)(H,77,78)(H,79,80)(H,65,66,67,68)/t41-,42-,43-,44-,45-/m0/s1. The Morgan fingerprint density at radius 3 is 1.72 bits per heavy atom. The summed E-state index contributed by atoms with van der Waals surface area (Å²) in [5.74, 6) is -9.65. The first kappa shape index (κ1) is 74.4. The van der Waals surface area contributed by atoms with E-state index in [9.17, 15) is 73.2 Å². The second-order valence-corrected chi connectivity index (χ2v) is 20.9. The number of carbonyl (C=O) groups is 11. The highest BCUT2D eigenvalue weighted by atomic mass is 16.5. The van der Waals surface area contributed by atoms with Crippen LogP contribution in [0.2, 0.25) is 0 Å². The number of benzene rings is 1. The molecule has 0 unspecified atom stereocenters. The number of aliphatic carboxylic acids is 2.